The molecule has 0 radical (unpaired) electrons. The van der Waals surface area contributed by atoms with E-state index in [1.807, 2.05) is 6.92 Å². The van der Waals surface area contributed by atoms with Gasteiger partial charge < -0.3 is 14.7 Å². The van der Waals surface area contributed by atoms with Crippen LogP contribution in [0.5, 0.6) is 0 Å². The molecule has 0 spiro atoms. The quantitative estimate of drug-likeness (QED) is 0.902. The SMILES string of the molecule is CC1CCOC1C(=O)N(C)c1ccc(C(=O)O)cc1. The number of likely N-dealkylation sites (N-methyl/N-ethyl adjacent to an activating group) is 1. The van der Waals surface area contributed by atoms with Crippen molar-refractivity contribution in [3.8, 4) is 0 Å². The van der Waals surface area contributed by atoms with Crippen molar-refractivity contribution in [2.45, 2.75) is 19.4 Å². The number of carboxylic acids is 1. The molecule has 1 N–H and O–H groups in total. The summed E-state index contributed by atoms with van der Waals surface area (Å²) in [7, 11) is 1.67. The largest absolute Gasteiger partial charge is 0.478 e. The maximum absolute atomic E-state index is 12.3. The van der Waals surface area contributed by atoms with Crippen molar-refractivity contribution >= 4 is 17.6 Å². The molecule has 0 saturated carbocycles. The standard InChI is InChI=1S/C14H17NO4/c1-9-7-8-19-12(9)13(16)15(2)11-5-3-10(4-6-11)14(17)18/h3-6,9,12H,7-8H2,1-2H3,(H,17,18). The monoisotopic (exact) mass is 263 g/mol. The highest BCUT2D eigenvalue weighted by Gasteiger charge is 2.33. The highest BCUT2D eigenvalue weighted by atomic mass is 16.5. The van der Waals surface area contributed by atoms with Gasteiger partial charge in [-0.15, -0.1) is 0 Å². The molecule has 1 saturated heterocycles. The molecule has 0 aromatic heterocycles. The molecule has 5 heteroatoms. The van der Waals surface area contributed by atoms with E-state index in [0.29, 0.717) is 12.3 Å². The summed E-state index contributed by atoms with van der Waals surface area (Å²) in [4.78, 5) is 24.5. The lowest BCUT2D eigenvalue weighted by Crippen LogP contribution is -2.38. The zero-order valence-electron chi connectivity index (χ0n) is 11.0. The van der Waals surface area contributed by atoms with Crippen LogP contribution in [0.15, 0.2) is 24.3 Å². The molecule has 2 atom stereocenters. The maximum Gasteiger partial charge on any atom is 0.335 e. The van der Waals surface area contributed by atoms with E-state index in [0.717, 1.165) is 6.42 Å². The molecule has 1 heterocycles. The van der Waals surface area contributed by atoms with E-state index >= 15 is 0 Å². The smallest absolute Gasteiger partial charge is 0.335 e. The van der Waals surface area contributed by atoms with Crippen LogP contribution < -0.4 is 4.90 Å². The fourth-order valence-corrected chi connectivity index (χ4v) is 2.16. The van der Waals surface area contributed by atoms with E-state index in [1.165, 1.54) is 17.0 Å². The molecule has 19 heavy (non-hydrogen) atoms. The van der Waals surface area contributed by atoms with Crippen LogP contribution in [-0.2, 0) is 9.53 Å². The fourth-order valence-electron chi connectivity index (χ4n) is 2.16. The Bertz CT molecular complexity index is 483. The van der Waals surface area contributed by atoms with E-state index in [4.69, 9.17) is 9.84 Å². The summed E-state index contributed by atoms with van der Waals surface area (Å²) in [5.41, 5.74) is 0.868. The van der Waals surface area contributed by atoms with Gasteiger partial charge in [0.05, 0.1) is 5.56 Å². The van der Waals surface area contributed by atoms with Crippen LogP contribution in [0.3, 0.4) is 0 Å². The molecule has 1 amide bonds. The summed E-state index contributed by atoms with van der Waals surface area (Å²) in [6.45, 7) is 2.61. The van der Waals surface area contributed by atoms with Crippen LogP contribution in [0.4, 0.5) is 5.69 Å². The van der Waals surface area contributed by atoms with Gasteiger partial charge >= 0.3 is 5.97 Å². The number of anilines is 1. The Morgan fingerprint density at radius 2 is 1.95 bits per heavy atom. The second-order valence-corrected chi connectivity index (χ2v) is 4.81. The third kappa shape index (κ3) is 2.76. The number of benzene rings is 1. The molecule has 2 rings (SSSR count). The molecule has 2 unspecified atom stereocenters. The number of nitrogens with zero attached hydrogens (tertiary/aromatic N) is 1. The summed E-state index contributed by atoms with van der Waals surface area (Å²) in [5.74, 6) is -0.852. The number of aromatic carboxylic acids is 1. The predicted octanol–water partition coefficient (Wildman–Crippen LogP) is 1.77. The maximum atomic E-state index is 12.3. The lowest BCUT2D eigenvalue weighted by atomic mass is 10.0. The van der Waals surface area contributed by atoms with Gasteiger partial charge in [-0.25, -0.2) is 4.79 Å². The number of carboxylic acid groups (broad SMARTS) is 1. The number of hydrogen-bond donors (Lipinski definition) is 1. The number of amides is 1. The summed E-state index contributed by atoms with van der Waals surface area (Å²) in [5, 5.41) is 8.83. The van der Waals surface area contributed by atoms with Gasteiger partial charge in [-0.1, -0.05) is 6.92 Å². The molecule has 1 aromatic rings. The number of ether oxygens (including phenoxy) is 1. The van der Waals surface area contributed by atoms with Gasteiger partial charge in [0.1, 0.15) is 6.10 Å². The first-order chi connectivity index (χ1) is 9.00. The minimum absolute atomic E-state index is 0.0897. The first kappa shape index (κ1) is 13.5. The Morgan fingerprint density at radius 3 is 2.42 bits per heavy atom. The van der Waals surface area contributed by atoms with Crippen molar-refractivity contribution in [1.29, 1.82) is 0 Å². The second-order valence-electron chi connectivity index (χ2n) is 4.81. The summed E-state index contributed by atoms with van der Waals surface area (Å²) in [6.07, 6.45) is 0.492. The average molecular weight is 263 g/mol. The van der Waals surface area contributed by atoms with E-state index in [9.17, 15) is 9.59 Å². The van der Waals surface area contributed by atoms with Crippen molar-refractivity contribution in [2.75, 3.05) is 18.6 Å². The Hall–Kier alpha value is -1.88. The van der Waals surface area contributed by atoms with Crippen molar-refractivity contribution < 1.29 is 19.4 Å². The van der Waals surface area contributed by atoms with Gasteiger partial charge in [-0.3, -0.25) is 4.79 Å². The first-order valence-corrected chi connectivity index (χ1v) is 6.23. The molecule has 0 bridgehead atoms. The van der Waals surface area contributed by atoms with E-state index in [2.05, 4.69) is 0 Å². The second kappa shape index (κ2) is 5.40. The van der Waals surface area contributed by atoms with Gasteiger partial charge in [0, 0.05) is 19.3 Å². The van der Waals surface area contributed by atoms with Gasteiger partial charge in [-0.05, 0) is 36.6 Å². The lowest BCUT2D eigenvalue weighted by Gasteiger charge is -2.23. The van der Waals surface area contributed by atoms with Gasteiger partial charge in [0.25, 0.3) is 5.91 Å². The van der Waals surface area contributed by atoms with E-state index in [-0.39, 0.29) is 17.4 Å². The molecule has 1 aliphatic rings. The highest BCUT2D eigenvalue weighted by Crippen LogP contribution is 2.24. The zero-order valence-corrected chi connectivity index (χ0v) is 11.0. The van der Waals surface area contributed by atoms with Gasteiger partial charge in [0.2, 0.25) is 0 Å². The fraction of sp³-hybridized carbons (Fsp3) is 0.429. The Kier molecular flexibility index (Phi) is 3.85. The minimum atomic E-state index is -0.978. The van der Waals surface area contributed by atoms with Crippen molar-refractivity contribution in [2.24, 2.45) is 5.92 Å². The van der Waals surface area contributed by atoms with Crippen molar-refractivity contribution in [1.82, 2.24) is 0 Å². The van der Waals surface area contributed by atoms with Crippen LogP contribution in [0.2, 0.25) is 0 Å². The molecule has 0 aliphatic carbocycles. The Labute approximate surface area is 111 Å². The molecule has 102 valence electrons. The molecular formula is C14H17NO4. The van der Waals surface area contributed by atoms with Crippen LogP contribution in [0, 0.1) is 5.92 Å². The van der Waals surface area contributed by atoms with Crippen LogP contribution in [-0.4, -0.2) is 36.7 Å². The third-order valence-corrected chi connectivity index (χ3v) is 3.46. The van der Waals surface area contributed by atoms with Gasteiger partial charge in [0.15, 0.2) is 0 Å². The summed E-state index contributed by atoms with van der Waals surface area (Å²) in [6, 6.07) is 6.22. The molecule has 1 aliphatic heterocycles. The highest BCUT2D eigenvalue weighted by molar-refractivity contribution is 5.97. The van der Waals surface area contributed by atoms with E-state index in [1.54, 1.807) is 19.2 Å². The normalized spacial score (nSPS) is 22.2. The number of rotatable bonds is 3. The number of carbonyl (C=O) groups is 2. The summed E-state index contributed by atoms with van der Waals surface area (Å²) < 4.78 is 5.45. The first-order valence-electron chi connectivity index (χ1n) is 6.23. The van der Waals surface area contributed by atoms with E-state index < -0.39 is 12.1 Å². The molecular weight excluding hydrogens is 246 g/mol. The molecule has 5 nitrogen and oxygen atoms in total. The topological polar surface area (TPSA) is 66.8 Å². The predicted molar refractivity (Wildman–Crippen MR) is 70.3 cm³/mol. The third-order valence-electron chi connectivity index (χ3n) is 3.46. The van der Waals surface area contributed by atoms with Crippen LogP contribution >= 0.6 is 0 Å². The molecule has 1 fully saturated rings. The van der Waals surface area contributed by atoms with Crippen LogP contribution in [0.1, 0.15) is 23.7 Å². The number of carbonyl (C=O) groups excluding carboxylic acids is 1. The Balaban J connectivity index is 2.12. The van der Waals surface area contributed by atoms with Crippen molar-refractivity contribution in [3.05, 3.63) is 29.8 Å². The zero-order chi connectivity index (χ0) is 14.0. The van der Waals surface area contributed by atoms with Gasteiger partial charge in [-0.2, -0.15) is 0 Å². The lowest BCUT2D eigenvalue weighted by molar-refractivity contribution is -0.128. The number of hydrogen-bond acceptors (Lipinski definition) is 3. The van der Waals surface area contributed by atoms with Crippen LogP contribution in [0.25, 0.3) is 0 Å². The molecule has 1 aromatic carbocycles. The minimum Gasteiger partial charge on any atom is -0.478 e. The van der Waals surface area contributed by atoms with Crippen molar-refractivity contribution in [3.63, 3.8) is 0 Å². The Morgan fingerprint density at radius 1 is 1.32 bits per heavy atom. The average Bonchev–Trinajstić information content (AvgIpc) is 2.83. The summed E-state index contributed by atoms with van der Waals surface area (Å²) >= 11 is 0.